The Kier molecular flexibility index (Phi) is 3.14. The Morgan fingerprint density at radius 1 is 1.22 bits per heavy atom. The molecule has 7 nitrogen and oxygen atoms in total. The molecule has 118 valence electrons. The van der Waals surface area contributed by atoms with Crippen molar-refractivity contribution in [2.24, 2.45) is 11.8 Å². The average molecular weight is 312 g/mol. The maximum Gasteiger partial charge on any atom is 0.293 e. The van der Waals surface area contributed by atoms with Gasteiger partial charge in [0.15, 0.2) is 0 Å². The van der Waals surface area contributed by atoms with Gasteiger partial charge in [-0.25, -0.2) is 4.98 Å². The van der Waals surface area contributed by atoms with Gasteiger partial charge in [-0.3, -0.25) is 14.9 Å². The molecule has 0 amide bonds. The van der Waals surface area contributed by atoms with Gasteiger partial charge in [-0.2, -0.15) is 0 Å². The lowest BCUT2D eigenvalue weighted by Gasteiger charge is -2.18. The van der Waals surface area contributed by atoms with Crippen LogP contribution in [0.2, 0.25) is 0 Å². The van der Waals surface area contributed by atoms with Crippen LogP contribution in [-0.4, -0.2) is 28.0 Å². The monoisotopic (exact) mass is 312 g/mol. The smallest absolute Gasteiger partial charge is 0.293 e. The summed E-state index contributed by atoms with van der Waals surface area (Å²) in [6.07, 6.45) is 7.77. The molecule has 4 rings (SSSR count). The topological polar surface area (TPSA) is 92.1 Å². The molecule has 1 aromatic carbocycles. The van der Waals surface area contributed by atoms with Crippen LogP contribution in [0.15, 0.2) is 35.4 Å². The van der Waals surface area contributed by atoms with Crippen LogP contribution in [0.25, 0.3) is 10.9 Å². The van der Waals surface area contributed by atoms with Crippen molar-refractivity contribution in [1.29, 1.82) is 0 Å². The van der Waals surface area contributed by atoms with Crippen molar-refractivity contribution in [1.82, 2.24) is 9.97 Å². The third-order valence-electron chi connectivity index (χ3n) is 4.89. The number of nitro groups is 1. The SMILES string of the molecule is O=c1[nH]cnc2cc(N3CC4CC=CCC4C3)c([N+](=O)[O-])cc12. The van der Waals surface area contributed by atoms with Crippen molar-refractivity contribution in [2.45, 2.75) is 12.8 Å². The summed E-state index contributed by atoms with van der Waals surface area (Å²) >= 11 is 0. The van der Waals surface area contributed by atoms with Crippen molar-refractivity contribution in [2.75, 3.05) is 18.0 Å². The fraction of sp³-hybridized carbons (Fsp3) is 0.375. The van der Waals surface area contributed by atoms with Crippen LogP contribution < -0.4 is 10.5 Å². The molecule has 7 heteroatoms. The van der Waals surface area contributed by atoms with Gasteiger partial charge in [0.05, 0.1) is 22.2 Å². The number of aromatic nitrogens is 2. The molecule has 1 aliphatic carbocycles. The number of H-pyrrole nitrogens is 1. The first-order valence-electron chi connectivity index (χ1n) is 7.69. The van der Waals surface area contributed by atoms with Gasteiger partial charge in [0, 0.05) is 19.2 Å². The highest BCUT2D eigenvalue weighted by atomic mass is 16.6. The summed E-state index contributed by atoms with van der Waals surface area (Å²) in [6, 6.07) is 3.02. The van der Waals surface area contributed by atoms with Crippen LogP contribution in [0.5, 0.6) is 0 Å². The first-order chi connectivity index (χ1) is 11.1. The zero-order valence-electron chi connectivity index (χ0n) is 12.4. The summed E-state index contributed by atoms with van der Waals surface area (Å²) in [5.41, 5.74) is 0.670. The third-order valence-corrected chi connectivity index (χ3v) is 4.89. The number of nitrogens with zero attached hydrogens (tertiary/aromatic N) is 3. The van der Waals surface area contributed by atoms with E-state index in [1.165, 1.54) is 12.4 Å². The van der Waals surface area contributed by atoms with Crippen molar-refractivity contribution < 1.29 is 4.92 Å². The van der Waals surface area contributed by atoms with E-state index in [0.29, 0.717) is 23.0 Å². The van der Waals surface area contributed by atoms with E-state index in [-0.39, 0.29) is 16.6 Å². The number of nitro benzene ring substituents is 1. The van der Waals surface area contributed by atoms with E-state index in [0.717, 1.165) is 25.9 Å². The molecule has 0 saturated carbocycles. The Morgan fingerprint density at radius 2 is 1.91 bits per heavy atom. The molecule has 0 spiro atoms. The summed E-state index contributed by atoms with van der Waals surface area (Å²) in [4.78, 5) is 31.6. The molecule has 0 bridgehead atoms. The number of hydrogen-bond acceptors (Lipinski definition) is 5. The number of allylic oxidation sites excluding steroid dienone is 2. The van der Waals surface area contributed by atoms with Gasteiger partial charge in [-0.05, 0) is 30.7 Å². The standard InChI is InChI=1S/C16H16N4O3/c21-16-12-5-15(20(22)23)14(6-13(12)17-9-18-16)19-7-10-3-1-2-4-11(10)8-19/h1-2,5-6,9-11H,3-4,7-8H2,(H,17,18,21). The third kappa shape index (κ3) is 2.28. The maximum atomic E-state index is 11.9. The summed E-state index contributed by atoms with van der Waals surface area (Å²) in [6.45, 7) is 1.62. The number of rotatable bonds is 2. The van der Waals surface area contributed by atoms with E-state index in [2.05, 4.69) is 27.0 Å². The first kappa shape index (κ1) is 13.9. The quantitative estimate of drug-likeness (QED) is 0.521. The molecule has 1 aliphatic heterocycles. The zero-order valence-corrected chi connectivity index (χ0v) is 12.4. The van der Waals surface area contributed by atoms with Crippen molar-refractivity contribution in [3.05, 3.63) is 51.1 Å². The second-order valence-electron chi connectivity index (χ2n) is 6.21. The minimum absolute atomic E-state index is 0.0254. The van der Waals surface area contributed by atoms with Crippen LogP contribution in [0.4, 0.5) is 11.4 Å². The molecule has 2 aliphatic rings. The molecule has 23 heavy (non-hydrogen) atoms. The number of fused-ring (bicyclic) bond motifs is 2. The molecular weight excluding hydrogens is 296 g/mol. The average Bonchev–Trinajstić information content (AvgIpc) is 2.98. The fourth-order valence-electron chi connectivity index (χ4n) is 3.70. The molecule has 2 aromatic rings. The Morgan fingerprint density at radius 3 is 2.57 bits per heavy atom. The normalized spacial score (nSPS) is 23.2. The van der Waals surface area contributed by atoms with Crippen molar-refractivity contribution >= 4 is 22.3 Å². The minimum Gasteiger partial charge on any atom is -0.365 e. The largest absolute Gasteiger partial charge is 0.365 e. The number of anilines is 1. The van der Waals surface area contributed by atoms with Gasteiger partial charge in [-0.15, -0.1) is 0 Å². The van der Waals surface area contributed by atoms with E-state index in [9.17, 15) is 14.9 Å². The summed E-state index contributed by atoms with van der Waals surface area (Å²) in [5.74, 6) is 1.09. The van der Waals surface area contributed by atoms with Crippen LogP contribution in [0.3, 0.4) is 0 Å². The molecule has 2 atom stereocenters. The lowest BCUT2D eigenvalue weighted by atomic mass is 9.86. The van der Waals surface area contributed by atoms with Gasteiger partial charge in [0.1, 0.15) is 5.69 Å². The van der Waals surface area contributed by atoms with Gasteiger partial charge < -0.3 is 9.88 Å². The van der Waals surface area contributed by atoms with Gasteiger partial charge in [0.25, 0.3) is 11.2 Å². The molecule has 1 N–H and O–H groups in total. The van der Waals surface area contributed by atoms with E-state index >= 15 is 0 Å². The van der Waals surface area contributed by atoms with Gasteiger partial charge >= 0.3 is 0 Å². The second-order valence-corrected chi connectivity index (χ2v) is 6.21. The van der Waals surface area contributed by atoms with E-state index in [1.807, 2.05) is 0 Å². The van der Waals surface area contributed by atoms with Gasteiger partial charge in [-0.1, -0.05) is 12.2 Å². The van der Waals surface area contributed by atoms with Crippen LogP contribution in [0.1, 0.15) is 12.8 Å². The van der Waals surface area contributed by atoms with E-state index in [4.69, 9.17) is 0 Å². The highest BCUT2D eigenvalue weighted by Gasteiger charge is 2.35. The van der Waals surface area contributed by atoms with Crippen LogP contribution in [0, 0.1) is 22.0 Å². The lowest BCUT2D eigenvalue weighted by Crippen LogP contribution is -2.21. The molecule has 1 fully saturated rings. The van der Waals surface area contributed by atoms with Gasteiger partial charge in [0.2, 0.25) is 0 Å². The highest BCUT2D eigenvalue weighted by molar-refractivity contribution is 5.87. The predicted octanol–water partition coefficient (Wildman–Crippen LogP) is 2.23. The molecule has 2 heterocycles. The highest BCUT2D eigenvalue weighted by Crippen LogP contribution is 2.39. The van der Waals surface area contributed by atoms with Crippen LogP contribution >= 0.6 is 0 Å². The lowest BCUT2D eigenvalue weighted by molar-refractivity contribution is -0.384. The Balaban J connectivity index is 1.81. The summed E-state index contributed by atoms with van der Waals surface area (Å²) in [7, 11) is 0. The zero-order chi connectivity index (χ0) is 16.0. The van der Waals surface area contributed by atoms with Crippen molar-refractivity contribution in [3.8, 4) is 0 Å². The van der Waals surface area contributed by atoms with E-state index in [1.54, 1.807) is 6.07 Å². The molecule has 2 unspecified atom stereocenters. The fourth-order valence-corrected chi connectivity index (χ4v) is 3.70. The van der Waals surface area contributed by atoms with Crippen molar-refractivity contribution in [3.63, 3.8) is 0 Å². The first-order valence-corrected chi connectivity index (χ1v) is 7.69. The Bertz CT molecular complexity index is 857. The molecule has 1 saturated heterocycles. The predicted molar refractivity (Wildman–Crippen MR) is 86.6 cm³/mol. The number of nitrogens with one attached hydrogen (secondary N) is 1. The number of hydrogen-bond donors (Lipinski definition) is 1. The number of aromatic amines is 1. The Labute approximate surface area is 131 Å². The van der Waals surface area contributed by atoms with Crippen LogP contribution in [-0.2, 0) is 0 Å². The Hall–Kier alpha value is -2.70. The summed E-state index contributed by atoms with van der Waals surface area (Å²) in [5, 5.41) is 11.7. The second kappa shape index (κ2) is 5.19. The molecule has 1 aromatic heterocycles. The van der Waals surface area contributed by atoms with E-state index < -0.39 is 4.92 Å². The maximum absolute atomic E-state index is 11.9. The molecule has 0 radical (unpaired) electrons. The number of benzene rings is 1. The minimum atomic E-state index is -0.415. The molecular formula is C16H16N4O3. The summed E-state index contributed by atoms with van der Waals surface area (Å²) < 4.78 is 0.